The van der Waals surface area contributed by atoms with E-state index in [0.29, 0.717) is 0 Å². The van der Waals surface area contributed by atoms with Gasteiger partial charge in [-0.15, -0.1) is 0 Å². The van der Waals surface area contributed by atoms with Crippen molar-refractivity contribution in [2.45, 2.75) is 38.6 Å². The fourth-order valence-electron chi connectivity index (χ4n) is 2.14. The van der Waals surface area contributed by atoms with Crippen molar-refractivity contribution >= 4 is 0 Å². The summed E-state index contributed by atoms with van der Waals surface area (Å²) < 4.78 is 5.72. The van der Waals surface area contributed by atoms with Gasteiger partial charge in [0.25, 0.3) is 0 Å². The first-order valence-electron chi connectivity index (χ1n) is 6.10. The van der Waals surface area contributed by atoms with Crippen molar-refractivity contribution < 1.29 is 4.74 Å². The minimum Gasteiger partial charge on any atom is -0.492 e. The van der Waals surface area contributed by atoms with Crippen molar-refractivity contribution in [2.24, 2.45) is 11.7 Å². The fraction of sp³-hybridized carbons (Fsp3) is 0.615. The van der Waals surface area contributed by atoms with Crippen LogP contribution >= 0.6 is 0 Å². The third-order valence-electron chi connectivity index (χ3n) is 3.19. The van der Waals surface area contributed by atoms with Gasteiger partial charge in [0.05, 0.1) is 18.5 Å². The number of pyridine rings is 1. The molecule has 0 radical (unpaired) electrons. The minimum atomic E-state index is -0.0103. The second-order valence-corrected chi connectivity index (χ2v) is 4.67. The molecule has 1 aromatic rings. The number of hydrogen-bond donors (Lipinski definition) is 1. The molecule has 1 fully saturated rings. The number of nitrogens with zero attached hydrogens (tertiary/aromatic N) is 1. The van der Waals surface area contributed by atoms with E-state index in [0.717, 1.165) is 24.0 Å². The van der Waals surface area contributed by atoms with Gasteiger partial charge in [-0.2, -0.15) is 0 Å². The Morgan fingerprint density at radius 2 is 2.19 bits per heavy atom. The predicted octanol–water partition coefficient (Wildman–Crippen LogP) is 2.67. The van der Waals surface area contributed by atoms with Crippen molar-refractivity contribution in [3.8, 4) is 5.75 Å². The number of hydrogen-bond acceptors (Lipinski definition) is 3. The largest absolute Gasteiger partial charge is 0.492 e. The molecule has 88 valence electrons. The van der Waals surface area contributed by atoms with Crippen molar-refractivity contribution in [1.29, 1.82) is 0 Å². The van der Waals surface area contributed by atoms with Crippen LogP contribution in [0, 0.1) is 5.92 Å². The molecule has 16 heavy (non-hydrogen) atoms. The quantitative estimate of drug-likeness (QED) is 0.848. The van der Waals surface area contributed by atoms with Crippen molar-refractivity contribution in [3.05, 3.63) is 24.0 Å². The molecule has 1 aliphatic carbocycles. The van der Waals surface area contributed by atoms with Crippen LogP contribution in [0.1, 0.15) is 44.3 Å². The van der Waals surface area contributed by atoms with Crippen LogP contribution in [0.5, 0.6) is 5.75 Å². The highest BCUT2D eigenvalue weighted by Gasteiger charge is 2.15. The Balaban J connectivity index is 1.84. The first-order chi connectivity index (χ1) is 7.75. The second-order valence-electron chi connectivity index (χ2n) is 4.67. The maximum Gasteiger partial charge on any atom is 0.137 e. The van der Waals surface area contributed by atoms with Crippen LogP contribution in [-0.2, 0) is 0 Å². The molecule has 1 aromatic heterocycles. The predicted molar refractivity (Wildman–Crippen MR) is 64.3 cm³/mol. The van der Waals surface area contributed by atoms with Gasteiger partial charge in [-0.25, -0.2) is 0 Å². The summed E-state index contributed by atoms with van der Waals surface area (Å²) in [7, 11) is 0. The molecule has 1 saturated carbocycles. The number of nitrogens with two attached hydrogens (primary N) is 1. The molecule has 0 saturated heterocycles. The number of ether oxygens (including phenoxy) is 1. The monoisotopic (exact) mass is 220 g/mol. The summed E-state index contributed by atoms with van der Waals surface area (Å²) in [5.41, 5.74) is 6.64. The standard InChI is InChI=1S/C13H20N2O/c1-10(14)13-7-6-12(8-15-13)16-9-11-4-2-3-5-11/h6-8,10-11H,2-5,9,14H2,1H3/t10-/m1/s1. The van der Waals surface area contributed by atoms with E-state index in [2.05, 4.69) is 4.98 Å². The van der Waals surface area contributed by atoms with Gasteiger partial charge in [-0.3, -0.25) is 4.98 Å². The summed E-state index contributed by atoms with van der Waals surface area (Å²) >= 11 is 0. The SMILES string of the molecule is C[C@@H](N)c1ccc(OCC2CCCC2)cn1. The molecule has 0 unspecified atom stereocenters. The molecule has 0 bridgehead atoms. The van der Waals surface area contributed by atoms with E-state index in [1.165, 1.54) is 25.7 Å². The molecule has 1 heterocycles. The topological polar surface area (TPSA) is 48.1 Å². The summed E-state index contributed by atoms with van der Waals surface area (Å²) in [6.07, 6.45) is 7.11. The van der Waals surface area contributed by atoms with E-state index in [-0.39, 0.29) is 6.04 Å². The zero-order valence-electron chi connectivity index (χ0n) is 9.86. The molecule has 0 aliphatic heterocycles. The van der Waals surface area contributed by atoms with E-state index >= 15 is 0 Å². The van der Waals surface area contributed by atoms with Gasteiger partial charge in [0.2, 0.25) is 0 Å². The molecule has 1 aliphatic rings. The maximum atomic E-state index is 5.73. The van der Waals surface area contributed by atoms with Crippen molar-refractivity contribution in [1.82, 2.24) is 4.98 Å². The molecule has 0 amide bonds. The lowest BCUT2D eigenvalue weighted by Gasteiger charge is -2.11. The molecule has 3 nitrogen and oxygen atoms in total. The Hall–Kier alpha value is -1.09. The third-order valence-corrected chi connectivity index (χ3v) is 3.19. The smallest absolute Gasteiger partial charge is 0.137 e. The van der Waals surface area contributed by atoms with Crippen LogP contribution in [0.25, 0.3) is 0 Å². The van der Waals surface area contributed by atoms with Gasteiger partial charge in [0.1, 0.15) is 5.75 Å². The lowest BCUT2D eigenvalue weighted by Crippen LogP contribution is -2.09. The Labute approximate surface area is 97.0 Å². The zero-order valence-corrected chi connectivity index (χ0v) is 9.86. The first-order valence-corrected chi connectivity index (χ1v) is 6.10. The number of aromatic nitrogens is 1. The molecule has 3 heteroatoms. The van der Waals surface area contributed by atoms with Gasteiger partial charge in [0.15, 0.2) is 0 Å². The van der Waals surface area contributed by atoms with Crippen LogP contribution in [-0.4, -0.2) is 11.6 Å². The van der Waals surface area contributed by atoms with Gasteiger partial charge in [-0.1, -0.05) is 12.8 Å². The lowest BCUT2D eigenvalue weighted by atomic mass is 10.1. The molecule has 2 N–H and O–H groups in total. The highest BCUT2D eigenvalue weighted by Crippen LogP contribution is 2.25. The van der Waals surface area contributed by atoms with E-state index in [4.69, 9.17) is 10.5 Å². The van der Waals surface area contributed by atoms with E-state index in [9.17, 15) is 0 Å². The zero-order chi connectivity index (χ0) is 11.4. The summed E-state index contributed by atoms with van der Waals surface area (Å²) in [6, 6.07) is 3.89. The average molecular weight is 220 g/mol. The highest BCUT2D eigenvalue weighted by atomic mass is 16.5. The molecule has 0 spiro atoms. The molecule has 2 rings (SSSR count). The first kappa shape index (κ1) is 11.4. The Morgan fingerprint density at radius 3 is 2.75 bits per heavy atom. The second kappa shape index (κ2) is 5.30. The normalized spacial score (nSPS) is 18.6. The van der Waals surface area contributed by atoms with Gasteiger partial charge in [0, 0.05) is 6.04 Å². The Morgan fingerprint density at radius 1 is 1.44 bits per heavy atom. The van der Waals surface area contributed by atoms with Gasteiger partial charge >= 0.3 is 0 Å². The van der Waals surface area contributed by atoms with Crippen molar-refractivity contribution in [3.63, 3.8) is 0 Å². The van der Waals surface area contributed by atoms with Crippen LogP contribution in [0.15, 0.2) is 18.3 Å². The number of rotatable bonds is 4. The summed E-state index contributed by atoms with van der Waals surface area (Å²) in [5.74, 6) is 1.60. The van der Waals surface area contributed by atoms with Crippen LogP contribution < -0.4 is 10.5 Å². The molecular weight excluding hydrogens is 200 g/mol. The van der Waals surface area contributed by atoms with Gasteiger partial charge < -0.3 is 10.5 Å². The summed E-state index contributed by atoms with van der Waals surface area (Å²) in [6.45, 7) is 2.76. The third kappa shape index (κ3) is 2.95. The Bertz CT molecular complexity index is 315. The van der Waals surface area contributed by atoms with Crippen LogP contribution in [0.3, 0.4) is 0 Å². The van der Waals surface area contributed by atoms with Crippen molar-refractivity contribution in [2.75, 3.05) is 6.61 Å². The Kier molecular flexibility index (Phi) is 3.78. The van der Waals surface area contributed by atoms with Gasteiger partial charge in [-0.05, 0) is 37.8 Å². The van der Waals surface area contributed by atoms with E-state index < -0.39 is 0 Å². The van der Waals surface area contributed by atoms with E-state index in [1.807, 2.05) is 19.1 Å². The fourth-order valence-corrected chi connectivity index (χ4v) is 2.14. The average Bonchev–Trinajstić information content (AvgIpc) is 2.80. The summed E-state index contributed by atoms with van der Waals surface area (Å²) in [4.78, 5) is 4.27. The minimum absolute atomic E-state index is 0.0103. The van der Waals surface area contributed by atoms with Crippen LogP contribution in [0.2, 0.25) is 0 Å². The lowest BCUT2D eigenvalue weighted by molar-refractivity contribution is 0.251. The molecule has 1 atom stereocenters. The van der Waals surface area contributed by atoms with E-state index in [1.54, 1.807) is 6.20 Å². The van der Waals surface area contributed by atoms with Crippen LogP contribution in [0.4, 0.5) is 0 Å². The molecular formula is C13H20N2O. The maximum absolute atomic E-state index is 5.73. The molecule has 0 aromatic carbocycles. The summed E-state index contributed by atoms with van der Waals surface area (Å²) in [5, 5.41) is 0. The highest BCUT2D eigenvalue weighted by molar-refractivity contribution is 5.21.